The van der Waals surface area contributed by atoms with Gasteiger partial charge in [-0.3, -0.25) is 10.1 Å². The highest BCUT2D eigenvalue weighted by atomic mass is 16.6. The first-order chi connectivity index (χ1) is 6.69. The van der Waals surface area contributed by atoms with Crippen LogP contribution in [0.15, 0.2) is 18.2 Å². The molecule has 0 atom stereocenters. The van der Waals surface area contributed by atoms with Crippen LogP contribution < -0.4 is 5.32 Å². The lowest BCUT2D eigenvalue weighted by atomic mass is 10.2. The van der Waals surface area contributed by atoms with Crippen LogP contribution in [-0.2, 0) is 0 Å². The predicted octanol–water partition coefficient (Wildman–Crippen LogP) is 2.58. The molecule has 0 spiro atoms. The molecule has 0 saturated heterocycles. The Morgan fingerprint density at radius 2 is 2.36 bits per heavy atom. The summed E-state index contributed by atoms with van der Waals surface area (Å²) in [6.45, 7) is 9.20. The first kappa shape index (κ1) is 9.99. The van der Waals surface area contributed by atoms with Crippen molar-refractivity contribution in [2.45, 2.75) is 6.92 Å². The summed E-state index contributed by atoms with van der Waals surface area (Å²) >= 11 is 0. The van der Waals surface area contributed by atoms with Crippen LogP contribution in [0.2, 0.25) is 0 Å². The van der Waals surface area contributed by atoms with E-state index in [2.05, 4.69) is 10.2 Å². The standard InChI is InChI=1S/C9H9N3O2/c1-3-11-8-6-7(10-2)4-5-9(8)12(13)14/h4-6,11H,3H2,1H3. The first-order valence-electron chi connectivity index (χ1n) is 4.08. The summed E-state index contributed by atoms with van der Waals surface area (Å²) in [6, 6.07) is 4.26. The summed E-state index contributed by atoms with van der Waals surface area (Å²) in [5.74, 6) is 0. The summed E-state index contributed by atoms with van der Waals surface area (Å²) in [6.07, 6.45) is 0. The van der Waals surface area contributed by atoms with E-state index < -0.39 is 4.92 Å². The zero-order chi connectivity index (χ0) is 10.6. The van der Waals surface area contributed by atoms with Crippen LogP contribution >= 0.6 is 0 Å². The summed E-state index contributed by atoms with van der Waals surface area (Å²) in [7, 11) is 0. The Kier molecular flexibility index (Phi) is 3.02. The van der Waals surface area contributed by atoms with Gasteiger partial charge in [0, 0.05) is 12.6 Å². The van der Waals surface area contributed by atoms with Gasteiger partial charge < -0.3 is 5.32 Å². The SMILES string of the molecule is [C-]#[N+]c1ccc([N+](=O)[O-])c(NCC)c1. The molecule has 5 heteroatoms. The van der Waals surface area contributed by atoms with Crippen LogP contribution in [0.25, 0.3) is 4.85 Å². The number of rotatable bonds is 3. The first-order valence-corrected chi connectivity index (χ1v) is 4.08. The highest BCUT2D eigenvalue weighted by molar-refractivity contribution is 5.68. The number of anilines is 1. The Balaban J connectivity index is 3.18. The van der Waals surface area contributed by atoms with Gasteiger partial charge in [-0.15, -0.1) is 0 Å². The number of hydrogen-bond acceptors (Lipinski definition) is 3. The van der Waals surface area contributed by atoms with E-state index in [4.69, 9.17) is 6.57 Å². The maximum absolute atomic E-state index is 10.6. The molecule has 1 rings (SSSR count). The molecule has 0 saturated carbocycles. The highest BCUT2D eigenvalue weighted by Crippen LogP contribution is 2.28. The third-order valence-electron chi connectivity index (χ3n) is 1.67. The Hall–Kier alpha value is -2.09. The highest BCUT2D eigenvalue weighted by Gasteiger charge is 2.12. The summed E-state index contributed by atoms with van der Waals surface area (Å²) in [5.41, 5.74) is 0.789. The maximum atomic E-state index is 10.6. The molecule has 14 heavy (non-hydrogen) atoms. The van der Waals surface area contributed by atoms with Gasteiger partial charge in [0.25, 0.3) is 5.69 Å². The van der Waals surface area contributed by atoms with E-state index in [0.29, 0.717) is 17.9 Å². The lowest BCUT2D eigenvalue weighted by Gasteiger charge is -2.04. The second-order valence-electron chi connectivity index (χ2n) is 2.60. The minimum atomic E-state index is -0.467. The van der Waals surface area contributed by atoms with Crippen molar-refractivity contribution >= 4 is 17.1 Å². The van der Waals surface area contributed by atoms with Crippen molar-refractivity contribution in [2.24, 2.45) is 0 Å². The molecule has 0 heterocycles. The molecule has 0 aliphatic heterocycles. The number of nitro groups is 1. The average Bonchev–Trinajstić information content (AvgIpc) is 2.17. The normalized spacial score (nSPS) is 9.14. The smallest absolute Gasteiger partial charge is 0.289 e. The van der Waals surface area contributed by atoms with Gasteiger partial charge in [-0.1, -0.05) is 0 Å². The molecule has 1 aromatic carbocycles. The zero-order valence-electron chi connectivity index (χ0n) is 7.65. The Morgan fingerprint density at radius 3 is 2.86 bits per heavy atom. The molecule has 0 fully saturated rings. The minimum Gasteiger partial charge on any atom is -0.381 e. The second kappa shape index (κ2) is 4.23. The zero-order valence-corrected chi connectivity index (χ0v) is 7.65. The molecule has 0 aliphatic carbocycles. The van der Waals surface area contributed by atoms with Crippen LogP contribution in [-0.4, -0.2) is 11.5 Å². The van der Waals surface area contributed by atoms with E-state index >= 15 is 0 Å². The van der Waals surface area contributed by atoms with Crippen molar-refractivity contribution in [2.75, 3.05) is 11.9 Å². The summed E-state index contributed by atoms with van der Waals surface area (Å²) in [4.78, 5) is 13.3. The van der Waals surface area contributed by atoms with Crippen molar-refractivity contribution < 1.29 is 4.92 Å². The second-order valence-corrected chi connectivity index (χ2v) is 2.60. The van der Waals surface area contributed by atoms with Gasteiger partial charge in [0.1, 0.15) is 5.69 Å². The van der Waals surface area contributed by atoms with E-state index in [1.165, 1.54) is 18.2 Å². The summed E-state index contributed by atoms with van der Waals surface area (Å²) < 4.78 is 0. The van der Waals surface area contributed by atoms with Crippen molar-refractivity contribution in [1.82, 2.24) is 0 Å². The minimum absolute atomic E-state index is 0.000694. The van der Waals surface area contributed by atoms with Crippen molar-refractivity contribution in [3.8, 4) is 0 Å². The lowest BCUT2D eigenvalue weighted by Crippen LogP contribution is -2.00. The van der Waals surface area contributed by atoms with Gasteiger partial charge >= 0.3 is 0 Å². The van der Waals surface area contributed by atoms with E-state index in [-0.39, 0.29) is 5.69 Å². The van der Waals surface area contributed by atoms with Crippen LogP contribution in [0.1, 0.15) is 6.92 Å². The van der Waals surface area contributed by atoms with Crippen molar-refractivity contribution in [3.05, 3.63) is 39.7 Å². The molecule has 0 bridgehead atoms. The monoisotopic (exact) mass is 191 g/mol. The van der Waals surface area contributed by atoms with E-state index in [0.717, 1.165) is 0 Å². The van der Waals surface area contributed by atoms with Crippen LogP contribution in [0.4, 0.5) is 17.1 Å². The molecule has 0 aliphatic rings. The number of hydrogen-bond donors (Lipinski definition) is 1. The largest absolute Gasteiger partial charge is 0.381 e. The number of nitrogens with one attached hydrogen (secondary N) is 1. The molecule has 0 radical (unpaired) electrons. The average molecular weight is 191 g/mol. The topological polar surface area (TPSA) is 59.5 Å². The Morgan fingerprint density at radius 1 is 1.64 bits per heavy atom. The van der Waals surface area contributed by atoms with Gasteiger partial charge in [-0.25, -0.2) is 4.85 Å². The maximum Gasteiger partial charge on any atom is 0.289 e. The van der Waals surface area contributed by atoms with Crippen LogP contribution in [0, 0.1) is 16.7 Å². The van der Waals surface area contributed by atoms with E-state index in [1.54, 1.807) is 0 Å². The summed E-state index contributed by atoms with van der Waals surface area (Å²) in [5, 5.41) is 13.4. The third kappa shape index (κ3) is 1.98. The van der Waals surface area contributed by atoms with Gasteiger partial charge in [-0.05, 0) is 19.1 Å². The van der Waals surface area contributed by atoms with E-state index in [1.807, 2.05) is 6.92 Å². The molecule has 0 unspecified atom stereocenters. The van der Waals surface area contributed by atoms with Crippen LogP contribution in [0.5, 0.6) is 0 Å². The van der Waals surface area contributed by atoms with Gasteiger partial charge in [0.15, 0.2) is 5.69 Å². The third-order valence-corrected chi connectivity index (χ3v) is 1.67. The molecule has 72 valence electrons. The van der Waals surface area contributed by atoms with Crippen molar-refractivity contribution in [1.29, 1.82) is 0 Å². The number of nitrogens with zero attached hydrogens (tertiary/aromatic N) is 2. The number of benzene rings is 1. The Labute approximate surface area is 81.3 Å². The Bertz CT molecular complexity index is 396. The van der Waals surface area contributed by atoms with Crippen LogP contribution in [0.3, 0.4) is 0 Å². The molecular weight excluding hydrogens is 182 g/mol. The van der Waals surface area contributed by atoms with E-state index in [9.17, 15) is 10.1 Å². The molecule has 1 N–H and O–H groups in total. The molecular formula is C9H9N3O2. The molecule has 5 nitrogen and oxygen atoms in total. The predicted molar refractivity (Wildman–Crippen MR) is 53.5 cm³/mol. The fourth-order valence-electron chi connectivity index (χ4n) is 1.08. The molecule has 0 amide bonds. The number of nitro benzene ring substituents is 1. The van der Waals surface area contributed by atoms with Crippen molar-refractivity contribution in [3.63, 3.8) is 0 Å². The lowest BCUT2D eigenvalue weighted by molar-refractivity contribution is -0.383. The quantitative estimate of drug-likeness (QED) is 0.453. The molecule has 1 aromatic rings. The fourth-order valence-corrected chi connectivity index (χ4v) is 1.08. The fraction of sp³-hybridized carbons (Fsp3) is 0.222. The molecule has 0 aromatic heterocycles. The van der Waals surface area contributed by atoms with Gasteiger partial charge in [-0.2, -0.15) is 0 Å². The van der Waals surface area contributed by atoms with Gasteiger partial charge in [0.2, 0.25) is 0 Å². The van der Waals surface area contributed by atoms with Gasteiger partial charge in [0.05, 0.1) is 11.5 Å².